The topological polar surface area (TPSA) is 43.3 Å². The first kappa shape index (κ1) is 13.8. The Morgan fingerprint density at radius 3 is 2.65 bits per heavy atom. The van der Waals surface area contributed by atoms with Crippen molar-refractivity contribution in [2.75, 3.05) is 19.0 Å². The number of ether oxygens (including phenoxy) is 1. The van der Waals surface area contributed by atoms with Crippen LogP contribution < -0.4 is 10.9 Å². The minimum Gasteiger partial charge on any atom is -0.383 e. The van der Waals surface area contributed by atoms with Crippen LogP contribution in [0.5, 0.6) is 0 Å². The molecule has 0 fully saturated rings. The molecule has 1 atom stereocenters. The van der Waals surface area contributed by atoms with E-state index in [4.69, 9.17) is 4.74 Å². The minimum atomic E-state index is 0.00444. The van der Waals surface area contributed by atoms with E-state index in [0.29, 0.717) is 25.1 Å². The fourth-order valence-electron chi connectivity index (χ4n) is 1.41. The lowest BCUT2D eigenvalue weighted by molar-refractivity contribution is 0.186. The molecule has 0 amide bonds. The highest BCUT2D eigenvalue weighted by atomic mass is 16.5. The first-order chi connectivity index (χ1) is 8.04. The Balaban J connectivity index is 2.77. The second-order valence-corrected chi connectivity index (χ2v) is 4.62. The predicted octanol–water partition coefficient (Wildman–Crippen LogP) is 1.95. The van der Waals surface area contributed by atoms with Crippen LogP contribution in [0.4, 0.5) is 5.69 Å². The lowest BCUT2D eigenvalue weighted by atomic mass is 10.1. The predicted molar refractivity (Wildman–Crippen MR) is 70.5 cm³/mol. The molecule has 0 spiro atoms. The van der Waals surface area contributed by atoms with Crippen LogP contribution >= 0.6 is 0 Å². The van der Waals surface area contributed by atoms with Crippen LogP contribution in [0.2, 0.25) is 0 Å². The van der Waals surface area contributed by atoms with Gasteiger partial charge in [-0.15, -0.1) is 0 Å². The Morgan fingerprint density at radius 1 is 1.35 bits per heavy atom. The van der Waals surface area contributed by atoms with Crippen LogP contribution in [0.15, 0.2) is 23.1 Å². The summed E-state index contributed by atoms with van der Waals surface area (Å²) in [4.78, 5) is 11.6. The van der Waals surface area contributed by atoms with Crippen molar-refractivity contribution in [2.45, 2.75) is 33.4 Å². The lowest BCUT2D eigenvalue weighted by Gasteiger charge is -2.19. The van der Waals surface area contributed by atoms with E-state index in [1.54, 1.807) is 17.7 Å². The molecule has 4 heteroatoms. The second-order valence-electron chi connectivity index (χ2n) is 4.62. The molecule has 0 aliphatic carbocycles. The Labute approximate surface area is 103 Å². The number of hydrogen-bond acceptors (Lipinski definition) is 3. The third-order valence-electron chi connectivity index (χ3n) is 2.91. The lowest BCUT2D eigenvalue weighted by Crippen LogP contribution is -2.25. The smallest absolute Gasteiger partial charge is 0.250 e. The van der Waals surface area contributed by atoms with Gasteiger partial charge in [0.25, 0.3) is 5.56 Å². The molecule has 96 valence electrons. The number of nitrogens with one attached hydrogen (secondary N) is 1. The van der Waals surface area contributed by atoms with Gasteiger partial charge in [-0.1, -0.05) is 13.8 Å². The molecule has 1 heterocycles. The van der Waals surface area contributed by atoms with E-state index in [1.807, 2.05) is 12.3 Å². The highest BCUT2D eigenvalue weighted by Crippen LogP contribution is 2.10. The van der Waals surface area contributed by atoms with Crippen molar-refractivity contribution < 1.29 is 4.74 Å². The van der Waals surface area contributed by atoms with E-state index in [9.17, 15) is 4.79 Å². The quantitative estimate of drug-likeness (QED) is 0.823. The summed E-state index contributed by atoms with van der Waals surface area (Å²) in [5.41, 5.74) is 0.978. The summed E-state index contributed by atoms with van der Waals surface area (Å²) in [6.45, 7) is 7.59. The summed E-state index contributed by atoms with van der Waals surface area (Å²) in [6, 6.07) is 3.79. The molecular formula is C13H22N2O2. The first-order valence-electron chi connectivity index (χ1n) is 6.00. The molecule has 0 aromatic carbocycles. The number of nitrogens with zero attached hydrogens (tertiary/aromatic N) is 1. The van der Waals surface area contributed by atoms with Gasteiger partial charge >= 0.3 is 0 Å². The average Bonchev–Trinajstić information content (AvgIpc) is 2.29. The van der Waals surface area contributed by atoms with Crippen molar-refractivity contribution in [3.8, 4) is 0 Å². The van der Waals surface area contributed by atoms with Crippen LogP contribution in [-0.2, 0) is 11.3 Å². The van der Waals surface area contributed by atoms with Gasteiger partial charge in [-0.05, 0) is 18.9 Å². The van der Waals surface area contributed by atoms with Crippen LogP contribution in [0, 0.1) is 5.92 Å². The molecule has 1 aromatic heterocycles. The van der Waals surface area contributed by atoms with Crippen molar-refractivity contribution in [3.05, 3.63) is 28.7 Å². The molecule has 0 bridgehead atoms. The van der Waals surface area contributed by atoms with Gasteiger partial charge in [0.2, 0.25) is 0 Å². The summed E-state index contributed by atoms with van der Waals surface area (Å²) in [7, 11) is 1.63. The standard InChI is InChI=1S/C13H22N2O2/c1-10(2)11(3)14-12-5-6-13(16)15(9-12)7-8-17-4/h5-6,9-11,14H,7-8H2,1-4H3. The third-order valence-corrected chi connectivity index (χ3v) is 2.91. The molecule has 1 aromatic rings. The van der Waals surface area contributed by atoms with Gasteiger partial charge in [0.1, 0.15) is 0 Å². The molecule has 0 radical (unpaired) electrons. The normalized spacial score (nSPS) is 12.8. The molecule has 17 heavy (non-hydrogen) atoms. The van der Waals surface area contributed by atoms with Gasteiger partial charge in [-0.25, -0.2) is 0 Å². The maximum Gasteiger partial charge on any atom is 0.250 e. The Hall–Kier alpha value is -1.29. The molecule has 0 aliphatic rings. The Kier molecular flexibility index (Phi) is 5.22. The summed E-state index contributed by atoms with van der Waals surface area (Å²) < 4.78 is 6.65. The van der Waals surface area contributed by atoms with Gasteiger partial charge in [0.15, 0.2) is 0 Å². The number of rotatable bonds is 6. The fourth-order valence-corrected chi connectivity index (χ4v) is 1.41. The van der Waals surface area contributed by atoms with E-state index in [-0.39, 0.29) is 5.56 Å². The SMILES string of the molecule is COCCn1cc(NC(C)C(C)C)ccc1=O. The Bertz CT molecular complexity index is 399. The maximum atomic E-state index is 11.6. The molecular weight excluding hydrogens is 216 g/mol. The van der Waals surface area contributed by atoms with Crippen LogP contribution in [0.3, 0.4) is 0 Å². The molecule has 0 saturated carbocycles. The monoisotopic (exact) mass is 238 g/mol. The maximum absolute atomic E-state index is 11.6. The zero-order valence-electron chi connectivity index (χ0n) is 11.1. The highest BCUT2D eigenvalue weighted by Gasteiger charge is 2.07. The molecule has 0 saturated heterocycles. The van der Waals surface area contributed by atoms with Gasteiger partial charge < -0.3 is 14.6 Å². The zero-order chi connectivity index (χ0) is 12.8. The van der Waals surface area contributed by atoms with E-state index in [0.717, 1.165) is 5.69 Å². The van der Waals surface area contributed by atoms with Gasteiger partial charge in [0.05, 0.1) is 12.3 Å². The summed E-state index contributed by atoms with van der Waals surface area (Å²) >= 11 is 0. The van der Waals surface area contributed by atoms with Crippen molar-refractivity contribution in [2.24, 2.45) is 5.92 Å². The van der Waals surface area contributed by atoms with E-state index in [2.05, 4.69) is 26.1 Å². The zero-order valence-corrected chi connectivity index (χ0v) is 11.1. The van der Waals surface area contributed by atoms with Gasteiger partial charge in [-0.2, -0.15) is 0 Å². The van der Waals surface area contributed by atoms with Crippen molar-refractivity contribution in [1.82, 2.24) is 4.57 Å². The summed E-state index contributed by atoms with van der Waals surface area (Å²) in [5.74, 6) is 0.550. The number of pyridine rings is 1. The second kappa shape index (κ2) is 6.45. The molecule has 1 N–H and O–H groups in total. The molecule has 0 aliphatic heterocycles. The van der Waals surface area contributed by atoms with Crippen LogP contribution in [-0.4, -0.2) is 24.3 Å². The van der Waals surface area contributed by atoms with Crippen molar-refractivity contribution in [1.29, 1.82) is 0 Å². The number of hydrogen-bond donors (Lipinski definition) is 1. The van der Waals surface area contributed by atoms with Gasteiger partial charge in [-0.3, -0.25) is 4.79 Å². The van der Waals surface area contributed by atoms with Crippen LogP contribution in [0.1, 0.15) is 20.8 Å². The van der Waals surface area contributed by atoms with E-state index < -0.39 is 0 Å². The van der Waals surface area contributed by atoms with Crippen molar-refractivity contribution >= 4 is 5.69 Å². The van der Waals surface area contributed by atoms with E-state index in [1.165, 1.54) is 0 Å². The minimum absolute atomic E-state index is 0.00444. The largest absolute Gasteiger partial charge is 0.383 e. The first-order valence-corrected chi connectivity index (χ1v) is 6.00. The van der Waals surface area contributed by atoms with Gasteiger partial charge in [0, 0.05) is 32.0 Å². The molecule has 1 unspecified atom stereocenters. The summed E-state index contributed by atoms with van der Waals surface area (Å²) in [6.07, 6.45) is 1.85. The number of aromatic nitrogens is 1. The molecule has 1 rings (SSSR count). The van der Waals surface area contributed by atoms with Crippen LogP contribution in [0.25, 0.3) is 0 Å². The number of methoxy groups -OCH3 is 1. The van der Waals surface area contributed by atoms with Crippen molar-refractivity contribution in [3.63, 3.8) is 0 Å². The Morgan fingerprint density at radius 2 is 2.06 bits per heavy atom. The third kappa shape index (κ3) is 4.23. The average molecular weight is 238 g/mol. The van der Waals surface area contributed by atoms with E-state index >= 15 is 0 Å². The number of anilines is 1. The highest BCUT2D eigenvalue weighted by molar-refractivity contribution is 5.41. The fraction of sp³-hybridized carbons (Fsp3) is 0.615. The molecule has 4 nitrogen and oxygen atoms in total. The summed E-state index contributed by atoms with van der Waals surface area (Å²) in [5, 5.41) is 3.38.